The molecule has 4 amide bonds. The molecule has 30 heavy (non-hydrogen) atoms. The highest BCUT2D eigenvalue weighted by atomic mass is 16.5. The Hall–Kier alpha value is -2.55. The highest BCUT2D eigenvalue weighted by Gasteiger charge is 2.49. The van der Waals surface area contributed by atoms with Crippen molar-refractivity contribution in [3.8, 4) is 0 Å². The van der Waals surface area contributed by atoms with Crippen LogP contribution in [-0.2, 0) is 20.9 Å². The van der Waals surface area contributed by atoms with Crippen LogP contribution in [0.4, 0.5) is 4.79 Å². The maximum absolute atomic E-state index is 13.1. The minimum atomic E-state index is -0.493. The topological polar surface area (TPSA) is 95.3 Å². The van der Waals surface area contributed by atoms with E-state index in [0.29, 0.717) is 38.4 Å². The molecule has 2 saturated heterocycles. The first-order valence-corrected chi connectivity index (χ1v) is 10.5. The highest BCUT2D eigenvalue weighted by molar-refractivity contribution is 5.91. The first kappa shape index (κ1) is 22.1. The standard InChI is InChI=1S/C21H32N4O5/c1-14(2)9-18-20(27)23(7-8-29-4)11-16-12-24(21(28)25(16)18)13-19(26)22-10-17-6-5-15(3)30-17/h5-6,14,16,18H,7-13H2,1-4H3,(H,22,26)/t16-,18-/m0/s1. The van der Waals surface area contributed by atoms with Crippen LogP contribution in [0.25, 0.3) is 0 Å². The Morgan fingerprint density at radius 1 is 1.27 bits per heavy atom. The summed E-state index contributed by atoms with van der Waals surface area (Å²) in [5.41, 5.74) is 0. The number of furan rings is 1. The second-order valence-electron chi connectivity index (χ2n) is 8.44. The van der Waals surface area contributed by atoms with Crippen molar-refractivity contribution in [2.45, 2.75) is 45.8 Å². The maximum atomic E-state index is 13.1. The molecule has 2 aliphatic heterocycles. The molecular weight excluding hydrogens is 388 g/mol. The molecule has 1 aromatic heterocycles. The third-order valence-corrected chi connectivity index (χ3v) is 5.53. The van der Waals surface area contributed by atoms with Crippen LogP contribution < -0.4 is 5.32 Å². The molecule has 0 aromatic carbocycles. The number of piperazine rings is 1. The second kappa shape index (κ2) is 9.51. The van der Waals surface area contributed by atoms with Crippen molar-refractivity contribution in [3.63, 3.8) is 0 Å². The molecule has 1 N–H and O–H groups in total. The van der Waals surface area contributed by atoms with Gasteiger partial charge in [-0.15, -0.1) is 0 Å². The van der Waals surface area contributed by atoms with Crippen molar-refractivity contribution in [1.82, 2.24) is 20.0 Å². The van der Waals surface area contributed by atoms with Gasteiger partial charge in [0.15, 0.2) is 0 Å². The normalized spacial score (nSPS) is 21.6. The summed E-state index contributed by atoms with van der Waals surface area (Å²) in [6.45, 7) is 8.02. The van der Waals surface area contributed by atoms with Gasteiger partial charge in [0.05, 0.1) is 19.2 Å². The molecule has 2 aliphatic rings. The van der Waals surface area contributed by atoms with E-state index in [1.165, 1.54) is 4.90 Å². The number of nitrogens with zero attached hydrogens (tertiary/aromatic N) is 3. The zero-order valence-electron chi connectivity index (χ0n) is 18.2. The third kappa shape index (κ3) is 4.95. The van der Waals surface area contributed by atoms with E-state index in [-0.39, 0.29) is 42.9 Å². The number of nitrogens with one attached hydrogen (secondary N) is 1. The Kier molecular flexibility index (Phi) is 7.02. The lowest BCUT2D eigenvalue weighted by atomic mass is 9.97. The number of ether oxygens (including phenoxy) is 1. The van der Waals surface area contributed by atoms with E-state index in [4.69, 9.17) is 9.15 Å². The van der Waals surface area contributed by atoms with Gasteiger partial charge < -0.3 is 29.2 Å². The van der Waals surface area contributed by atoms with Crippen molar-refractivity contribution < 1.29 is 23.5 Å². The molecule has 9 nitrogen and oxygen atoms in total. The predicted octanol–water partition coefficient (Wildman–Crippen LogP) is 1.21. The van der Waals surface area contributed by atoms with E-state index in [9.17, 15) is 14.4 Å². The van der Waals surface area contributed by atoms with Crippen molar-refractivity contribution >= 4 is 17.8 Å². The molecule has 0 spiro atoms. The maximum Gasteiger partial charge on any atom is 0.321 e. The number of carbonyl (C=O) groups excluding carboxylic acids is 3. The van der Waals surface area contributed by atoms with Crippen molar-refractivity contribution in [3.05, 3.63) is 23.7 Å². The van der Waals surface area contributed by atoms with Gasteiger partial charge in [0.2, 0.25) is 11.8 Å². The van der Waals surface area contributed by atoms with Gasteiger partial charge >= 0.3 is 6.03 Å². The summed E-state index contributed by atoms with van der Waals surface area (Å²) in [5.74, 6) is 1.43. The van der Waals surface area contributed by atoms with Crippen LogP contribution in [0.5, 0.6) is 0 Å². The van der Waals surface area contributed by atoms with Crippen molar-refractivity contribution in [1.29, 1.82) is 0 Å². The monoisotopic (exact) mass is 420 g/mol. The number of carbonyl (C=O) groups is 3. The van der Waals surface area contributed by atoms with Crippen LogP contribution >= 0.6 is 0 Å². The van der Waals surface area contributed by atoms with Crippen LogP contribution in [0.3, 0.4) is 0 Å². The van der Waals surface area contributed by atoms with E-state index < -0.39 is 6.04 Å². The average molecular weight is 421 g/mol. The molecule has 3 rings (SSSR count). The summed E-state index contributed by atoms with van der Waals surface area (Å²) >= 11 is 0. The van der Waals surface area contributed by atoms with Gasteiger partial charge in [-0.3, -0.25) is 9.59 Å². The number of fused-ring (bicyclic) bond motifs is 1. The van der Waals surface area contributed by atoms with Crippen LogP contribution in [0.1, 0.15) is 31.8 Å². The zero-order chi connectivity index (χ0) is 21.8. The van der Waals surface area contributed by atoms with Gasteiger partial charge in [-0.05, 0) is 31.4 Å². The smallest absolute Gasteiger partial charge is 0.321 e. The van der Waals surface area contributed by atoms with Crippen LogP contribution in [-0.4, -0.2) is 84.5 Å². The Bertz CT molecular complexity index is 777. The van der Waals surface area contributed by atoms with E-state index in [0.717, 1.165) is 5.76 Å². The van der Waals surface area contributed by atoms with E-state index >= 15 is 0 Å². The number of aryl methyl sites for hydroxylation is 1. The fraction of sp³-hybridized carbons (Fsp3) is 0.667. The summed E-state index contributed by atoms with van der Waals surface area (Å²) < 4.78 is 10.6. The Balaban J connectivity index is 1.64. The summed E-state index contributed by atoms with van der Waals surface area (Å²) in [6.07, 6.45) is 0.600. The first-order valence-electron chi connectivity index (χ1n) is 10.5. The van der Waals surface area contributed by atoms with E-state index in [1.807, 2.05) is 32.9 Å². The fourth-order valence-corrected chi connectivity index (χ4v) is 4.14. The summed E-state index contributed by atoms with van der Waals surface area (Å²) in [4.78, 5) is 43.5. The Labute approximate surface area is 177 Å². The van der Waals surface area contributed by atoms with Crippen LogP contribution in [0.2, 0.25) is 0 Å². The summed E-state index contributed by atoms with van der Waals surface area (Å²) in [6, 6.07) is 2.80. The minimum absolute atomic E-state index is 0.0355. The Morgan fingerprint density at radius 3 is 2.63 bits per heavy atom. The summed E-state index contributed by atoms with van der Waals surface area (Å²) in [5, 5.41) is 2.79. The molecule has 1 aromatic rings. The number of hydrogen-bond donors (Lipinski definition) is 1. The van der Waals surface area contributed by atoms with Crippen molar-refractivity contribution in [2.75, 3.05) is 39.9 Å². The molecular formula is C21H32N4O5. The molecule has 2 fully saturated rings. The first-order chi connectivity index (χ1) is 14.3. The zero-order valence-corrected chi connectivity index (χ0v) is 18.2. The SMILES string of the molecule is COCCN1C[C@H]2CN(CC(=O)NCc3ccc(C)o3)C(=O)N2[C@@H](CC(C)C)C1=O. The van der Waals surface area contributed by atoms with Gasteiger partial charge in [-0.25, -0.2) is 4.79 Å². The number of methoxy groups -OCH3 is 1. The summed E-state index contributed by atoms with van der Waals surface area (Å²) in [7, 11) is 1.61. The molecule has 2 atom stereocenters. The molecule has 3 heterocycles. The number of amides is 4. The fourth-order valence-electron chi connectivity index (χ4n) is 4.14. The van der Waals surface area contributed by atoms with E-state index in [2.05, 4.69) is 5.32 Å². The lowest BCUT2D eigenvalue weighted by Gasteiger charge is -2.42. The third-order valence-electron chi connectivity index (χ3n) is 5.53. The molecule has 0 unspecified atom stereocenters. The molecule has 0 radical (unpaired) electrons. The number of rotatable bonds is 9. The lowest BCUT2D eigenvalue weighted by molar-refractivity contribution is -0.143. The molecule has 0 aliphatic carbocycles. The number of hydrogen-bond acceptors (Lipinski definition) is 5. The van der Waals surface area contributed by atoms with E-state index in [1.54, 1.807) is 16.9 Å². The minimum Gasteiger partial charge on any atom is -0.465 e. The van der Waals surface area contributed by atoms with Crippen LogP contribution in [0, 0.1) is 12.8 Å². The number of urea groups is 1. The second-order valence-corrected chi connectivity index (χ2v) is 8.44. The van der Waals surface area contributed by atoms with Gasteiger partial charge in [-0.2, -0.15) is 0 Å². The molecule has 166 valence electrons. The lowest BCUT2D eigenvalue weighted by Crippen LogP contribution is -2.61. The molecule has 0 bridgehead atoms. The van der Waals surface area contributed by atoms with Crippen molar-refractivity contribution in [2.24, 2.45) is 5.92 Å². The average Bonchev–Trinajstić information content (AvgIpc) is 3.24. The van der Waals surface area contributed by atoms with Crippen LogP contribution in [0.15, 0.2) is 16.5 Å². The van der Waals surface area contributed by atoms with Gasteiger partial charge in [0, 0.05) is 26.7 Å². The Morgan fingerprint density at radius 2 is 2.00 bits per heavy atom. The van der Waals surface area contributed by atoms with Gasteiger partial charge in [0.25, 0.3) is 0 Å². The largest absolute Gasteiger partial charge is 0.465 e. The predicted molar refractivity (Wildman–Crippen MR) is 110 cm³/mol. The molecule has 0 saturated carbocycles. The molecule has 9 heteroatoms. The van der Waals surface area contributed by atoms with Gasteiger partial charge in [-0.1, -0.05) is 13.8 Å². The van der Waals surface area contributed by atoms with Gasteiger partial charge in [0.1, 0.15) is 24.1 Å². The highest BCUT2D eigenvalue weighted by Crippen LogP contribution is 2.29. The quantitative estimate of drug-likeness (QED) is 0.648.